The number of aromatic nitrogens is 1. The highest BCUT2D eigenvalue weighted by molar-refractivity contribution is 6.04. The molecule has 2 N–H and O–H groups in total. The molecule has 27 heavy (non-hydrogen) atoms. The number of benzene rings is 1. The van der Waals surface area contributed by atoms with Crippen molar-refractivity contribution in [1.82, 2.24) is 4.98 Å². The summed E-state index contributed by atoms with van der Waals surface area (Å²) in [5, 5.41) is 6.28. The fraction of sp³-hybridized carbons (Fsp3) is 0.364. The molecule has 142 valence electrons. The monoisotopic (exact) mass is 365 g/mol. The van der Waals surface area contributed by atoms with Crippen molar-refractivity contribution < 1.29 is 9.53 Å². The first-order valence-electron chi connectivity index (χ1n) is 9.67. The van der Waals surface area contributed by atoms with Gasteiger partial charge in [-0.15, -0.1) is 0 Å². The summed E-state index contributed by atoms with van der Waals surface area (Å²) in [4.78, 5) is 16.8. The third-order valence-electron chi connectivity index (χ3n) is 4.59. The molecule has 3 rings (SSSR count). The number of para-hydroxylation sites is 2. The zero-order valence-electron chi connectivity index (χ0n) is 15.8. The Morgan fingerprint density at radius 1 is 1.22 bits per heavy atom. The van der Waals surface area contributed by atoms with Gasteiger partial charge in [-0.05, 0) is 63.3 Å². The summed E-state index contributed by atoms with van der Waals surface area (Å²) in [6.07, 6.45) is 10.1. The Morgan fingerprint density at radius 2 is 2.11 bits per heavy atom. The van der Waals surface area contributed by atoms with Gasteiger partial charge in [0.05, 0.1) is 12.3 Å². The van der Waals surface area contributed by atoms with Crippen LogP contribution in [0.2, 0.25) is 0 Å². The Balaban J connectivity index is 1.59. The molecular formula is C22H27N3O2. The lowest BCUT2D eigenvalue weighted by Gasteiger charge is -2.14. The van der Waals surface area contributed by atoms with Gasteiger partial charge in [-0.1, -0.05) is 23.8 Å². The van der Waals surface area contributed by atoms with E-state index in [0.29, 0.717) is 23.7 Å². The van der Waals surface area contributed by atoms with E-state index in [0.717, 1.165) is 18.7 Å². The van der Waals surface area contributed by atoms with Crippen LogP contribution in [0.5, 0.6) is 5.75 Å². The van der Waals surface area contributed by atoms with Crippen molar-refractivity contribution >= 4 is 17.3 Å². The van der Waals surface area contributed by atoms with Gasteiger partial charge in [-0.2, -0.15) is 0 Å². The zero-order valence-corrected chi connectivity index (χ0v) is 15.8. The average Bonchev–Trinajstić information content (AvgIpc) is 2.71. The van der Waals surface area contributed by atoms with Crippen LogP contribution in [-0.2, 0) is 0 Å². The van der Waals surface area contributed by atoms with E-state index in [9.17, 15) is 4.79 Å². The predicted molar refractivity (Wildman–Crippen MR) is 109 cm³/mol. The molecule has 0 radical (unpaired) electrons. The minimum absolute atomic E-state index is 0.249. The smallest absolute Gasteiger partial charge is 0.274 e. The van der Waals surface area contributed by atoms with E-state index in [-0.39, 0.29) is 5.91 Å². The molecular weight excluding hydrogens is 338 g/mol. The van der Waals surface area contributed by atoms with E-state index in [1.54, 1.807) is 12.3 Å². The van der Waals surface area contributed by atoms with Crippen LogP contribution in [0.3, 0.4) is 0 Å². The molecule has 0 spiro atoms. The summed E-state index contributed by atoms with van der Waals surface area (Å²) < 4.78 is 5.56. The minimum Gasteiger partial charge on any atom is -0.492 e. The van der Waals surface area contributed by atoms with Gasteiger partial charge in [0.15, 0.2) is 0 Å². The number of ether oxygens (including phenoxy) is 1. The lowest BCUT2D eigenvalue weighted by Crippen LogP contribution is -2.15. The molecule has 0 fully saturated rings. The number of carbonyl (C=O) groups excluding carboxylic acids is 1. The lowest BCUT2D eigenvalue weighted by molar-refractivity contribution is 0.102. The van der Waals surface area contributed by atoms with E-state index in [4.69, 9.17) is 4.74 Å². The maximum absolute atomic E-state index is 12.6. The maximum Gasteiger partial charge on any atom is 0.274 e. The Hall–Kier alpha value is -2.82. The summed E-state index contributed by atoms with van der Waals surface area (Å²) in [7, 11) is 0. The molecule has 5 heteroatoms. The maximum atomic E-state index is 12.6. The van der Waals surface area contributed by atoms with Crippen molar-refractivity contribution in [1.29, 1.82) is 0 Å². The molecule has 1 aromatic heterocycles. The van der Waals surface area contributed by atoms with E-state index in [1.807, 2.05) is 37.3 Å². The number of amides is 1. The van der Waals surface area contributed by atoms with Gasteiger partial charge in [0.2, 0.25) is 0 Å². The molecule has 0 saturated heterocycles. The van der Waals surface area contributed by atoms with Gasteiger partial charge in [0.1, 0.15) is 11.4 Å². The van der Waals surface area contributed by atoms with Crippen LogP contribution >= 0.6 is 0 Å². The van der Waals surface area contributed by atoms with Crippen LogP contribution in [0, 0.1) is 0 Å². The Bertz CT molecular complexity index is 802. The van der Waals surface area contributed by atoms with Gasteiger partial charge in [0.25, 0.3) is 5.91 Å². The highest BCUT2D eigenvalue weighted by Crippen LogP contribution is 2.24. The molecule has 1 aliphatic rings. The molecule has 0 aliphatic heterocycles. The normalized spacial score (nSPS) is 13.6. The van der Waals surface area contributed by atoms with E-state index in [1.165, 1.54) is 31.3 Å². The molecule has 0 atom stereocenters. The largest absolute Gasteiger partial charge is 0.492 e. The Kier molecular flexibility index (Phi) is 6.85. The third kappa shape index (κ3) is 5.58. The number of rotatable bonds is 8. The second-order valence-electron chi connectivity index (χ2n) is 6.60. The van der Waals surface area contributed by atoms with Gasteiger partial charge < -0.3 is 15.4 Å². The number of hydrogen-bond acceptors (Lipinski definition) is 4. The summed E-state index contributed by atoms with van der Waals surface area (Å²) >= 11 is 0. The highest BCUT2D eigenvalue weighted by atomic mass is 16.5. The van der Waals surface area contributed by atoms with Crippen LogP contribution in [0.25, 0.3) is 0 Å². The first-order valence-corrected chi connectivity index (χ1v) is 9.67. The lowest BCUT2D eigenvalue weighted by atomic mass is 9.97. The number of pyridine rings is 1. The van der Waals surface area contributed by atoms with Crippen molar-refractivity contribution in [2.24, 2.45) is 0 Å². The summed E-state index contributed by atoms with van der Waals surface area (Å²) in [5.41, 5.74) is 3.47. The Labute approximate surface area is 160 Å². The topological polar surface area (TPSA) is 63.2 Å². The van der Waals surface area contributed by atoms with Crippen molar-refractivity contribution in [2.45, 2.75) is 39.0 Å². The van der Waals surface area contributed by atoms with E-state index < -0.39 is 0 Å². The van der Waals surface area contributed by atoms with Crippen LogP contribution in [0.1, 0.15) is 49.5 Å². The van der Waals surface area contributed by atoms with Crippen LogP contribution in [0.15, 0.2) is 54.2 Å². The van der Waals surface area contributed by atoms with Crippen molar-refractivity contribution in [3.8, 4) is 5.75 Å². The fourth-order valence-corrected chi connectivity index (χ4v) is 3.20. The molecule has 0 bridgehead atoms. The van der Waals surface area contributed by atoms with Crippen molar-refractivity contribution in [2.75, 3.05) is 23.8 Å². The standard InChI is InChI=1S/C22H27N3O2/c1-2-27-21-11-7-6-10-19(21)25-22(26)20-16-18(13-15-24-20)23-14-12-17-8-4-3-5-9-17/h6-8,10-11,13,15-16H,2-5,9,12,14H2,1H3,(H,23,24)(H,25,26). The van der Waals surface area contributed by atoms with Crippen molar-refractivity contribution in [3.63, 3.8) is 0 Å². The van der Waals surface area contributed by atoms with Gasteiger partial charge in [-0.25, -0.2) is 0 Å². The number of anilines is 2. The fourth-order valence-electron chi connectivity index (χ4n) is 3.20. The van der Waals surface area contributed by atoms with Crippen LogP contribution < -0.4 is 15.4 Å². The van der Waals surface area contributed by atoms with Crippen molar-refractivity contribution in [3.05, 3.63) is 59.9 Å². The molecule has 1 heterocycles. The minimum atomic E-state index is -0.249. The molecule has 2 aromatic rings. The molecule has 1 aliphatic carbocycles. The SMILES string of the molecule is CCOc1ccccc1NC(=O)c1cc(NCCC2=CCCCC2)ccn1. The third-order valence-corrected chi connectivity index (χ3v) is 4.59. The summed E-state index contributed by atoms with van der Waals surface area (Å²) in [6, 6.07) is 11.1. The molecule has 0 saturated carbocycles. The first kappa shape index (κ1) is 19.0. The van der Waals surface area contributed by atoms with Gasteiger partial charge >= 0.3 is 0 Å². The van der Waals surface area contributed by atoms with Gasteiger partial charge in [-0.3, -0.25) is 9.78 Å². The second-order valence-corrected chi connectivity index (χ2v) is 6.60. The quantitative estimate of drug-likeness (QED) is 0.644. The number of carbonyl (C=O) groups is 1. The van der Waals surface area contributed by atoms with Crippen LogP contribution in [0.4, 0.5) is 11.4 Å². The highest BCUT2D eigenvalue weighted by Gasteiger charge is 2.11. The molecule has 1 amide bonds. The van der Waals surface area contributed by atoms with E-state index >= 15 is 0 Å². The van der Waals surface area contributed by atoms with E-state index in [2.05, 4.69) is 21.7 Å². The second kappa shape index (κ2) is 9.76. The summed E-state index contributed by atoms with van der Waals surface area (Å²) in [5.74, 6) is 0.407. The summed E-state index contributed by atoms with van der Waals surface area (Å²) in [6.45, 7) is 3.32. The zero-order chi connectivity index (χ0) is 18.9. The number of hydrogen-bond donors (Lipinski definition) is 2. The molecule has 1 aromatic carbocycles. The average molecular weight is 365 g/mol. The number of allylic oxidation sites excluding steroid dienone is 1. The van der Waals surface area contributed by atoms with Crippen LogP contribution in [-0.4, -0.2) is 24.0 Å². The van der Waals surface area contributed by atoms with Gasteiger partial charge in [0, 0.05) is 18.4 Å². The molecule has 5 nitrogen and oxygen atoms in total. The number of nitrogens with one attached hydrogen (secondary N) is 2. The molecule has 0 unspecified atom stereocenters. The Morgan fingerprint density at radius 3 is 2.93 bits per heavy atom. The number of nitrogens with zero attached hydrogens (tertiary/aromatic N) is 1. The predicted octanol–water partition coefficient (Wildman–Crippen LogP) is 5.04. The first-order chi connectivity index (χ1) is 13.3.